The third kappa shape index (κ3) is 2.41. The third-order valence-corrected chi connectivity index (χ3v) is 3.08. The molecule has 1 aromatic heterocycles. The highest BCUT2D eigenvalue weighted by molar-refractivity contribution is 5.47. The summed E-state index contributed by atoms with van der Waals surface area (Å²) in [5, 5.41) is 13.1. The number of benzene rings is 1. The largest absolute Gasteiger partial charge is 0.288 e. The normalized spacial score (nSPS) is 10.2. The van der Waals surface area contributed by atoms with E-state index in [0.29, 0.717) is 0 Å². The molecule has 1 aromatic carbocycles. The summed E-state index contributed by atoms with van der Waals surface area (Å²) in [6.07, 6.45) is 0.0318. The van der Waals surface area contributed by atoms with Gasteiger partial charge in [0, 0.05) is 11.8 Å². The number of hydrogen-bond acceptors (Lipinski definition) is 3. The van der Waals surface area contributed by atoms with Crippen LogP contribution in [0, 0.1) is 32.1 Å². The van der Waals surface area contributed by atoms with Crippen molar-refractivity contribution in [3.8, 4) is 11.8 Å². The van der Waals surface area contributed by atoms with Gasteiger partial charge in [0.05, 0.1) is 18.2 Å². The van der Waals surface area contributed by atoms with Gasteiger partial charge in [-0.25, -0.2) is 4.68 Å². The molecule has 0 amide bonds. The average molecular weight is 253 g/mol. The molecule has 0 radical (unpaired) electrons. The van der Waals surface area contributed by atoms with Gasteiger partial charge in [-0.1, -0.05) is 18.2 Å². The van der Waals surface area contributed by atoms with Crippen LogP contribution in [0.1, 0.15) is 22.5 Å². The zero-order valence-electron chi connectivity index (χ0n) is 11.3. The van der Waals surface area contributed by atoms with Gasteiger partial charge >= 0.3 is 0 Å². The predicted octanol–water partition coefficient (Wildman–Crippen LogP) is 2.22. The van der Waals surface area contributed by atoms with Crippen molar-refractivity contribution in [3.63, 3.8) is 0 Å². The fourth-order valence-corrected chi connectivity index (χ4v) is 2.15. The summed E-state index contributed by atoms with van der Waals surface area (Å²) in [6, 6.07) is 9.51. The van der Waals surface area contributed by atoms with Crippen molar-refractivity contribution in [2.75, 3.05) is 0 Å². The Morgan fingerprint density at radius 3 is 2.47 bits per heavy atom. The van der Waals surface area contributed by atoms with Crippen molar-refractivity contribution >= 4 is 0 Å². The Morgan fingerprint density at radius 1 is 1.26 bits per heavy atom. The van der Waals surface area contributed by atoms with Gasteiger partial charge in [-0.05, 0) is 31.9 Å². The molecule has 0 saturated heterocycles. The summed E-state index contributed by atoms with van der Waals surface area (Å²) >= 11 is 0. The van der Waals surface area contributed by atoms with E-state index in [0.717, 1.165) is 22.5 Å². The summed E-state index contributed by atoms with van der Waals surface area (Å²) in [5.41, 5.74) is 4.02. The van der Waals surface area contributed by atoms with E-state index in [4.69, 9.17) is 5.26 Å². The Labute approximate surface area is 111 Å². The molecule has 0 spiro atoms. The Bertz CT molecular complexity index is 703. The molecule has 1 heterocycles. The lowest BCUT2D eigenvalue weighted by atomic mass is 10.1. The molecule has 0 fully saturated rings. The van der Waals surface area contributed by atoms with Crippen LogP contribution in [0.2, 0.25) is 0 Å². The summed E-state index contributed by atoms with van der Waals surface area (Å²) in [5.74, 6) is 0. The van der Waals surface area contributed by atoms with Crippen molar-refractivity contribution < 1.29 is 0 Å². The maximum Gasteiger partial charge on any atom is 0.204 e. The Morgan fingerprint density at radius 2 is 1.89 bits per heavy atom. The maximum atomic E-state index is 11.8. The number of hydrogen-bond donors (Lipinski definition) is 0. The highest BCUT2D eigenvalue weighted by Crippen LogP contribution is 2.18. The number of aryl methyl sites for hydroxylation is 3. The monoisotopic (exact) mass is 253 g/mol. The smallest absolute Gasteiger partial charge is 0.204 e. The first-order chi connectivity index (χ1) is 9.04. The van der Waals surface area contributed by atoms with Gasteiger partial charge in [-0.15, -0.1) is 0 Å². The number of nitriles is 1. The van der Waals surface area contributed by atoms with Crippen LogP contribution < -0.4 is 5.43 Å². The van der Waals surface area contributed by atoms with Gasteiger partial charge in [0.15, 0.2) is 0 Å². The third-order valence-electron chi connectivity index (χ3n) is 3.08. The summed E-state index contributed by atoms with van der Waals surface area (Å²) in [4.78, 5) is 11.8. The molecule has 4 nitrogen and oxygen atoms in total. The van der Waals surface area contributed by atoms with E-state index >= 15 is 0 Å². The SMILES string of the molecule is Cc1cccc(C)c1-n1nc(CC#N)c(=O)cc1C. The minimum absolute atomic E-state index is 0.0318. The van der Waals surface area contributed by atoms with Crippen LogP contribution in [0.25, 0.3) is 5.69 Å². The first kappa shape index (κ1) is 13.0. The summed E-state index contributed by atoms with van der Waals surface area (Å²) in [6.45, 7) is 5.85. The molecule has 96 valence electrons. The number of aromatic nitrogens is 2. The molecular formula is C15H15N3O. The van der Waals surface area contributed by atoms with Crippen LogP contribution in [0.4, 0.5) is 0 Å². The topological polar surface area (TPSA) is 58.7 Å². The lowest BCUT2D eigenvalue weighted by Crippen LogP contribution is -2.19. The standard InChI is InChI=1S/C15H15N3O/c1-10-5-4-6-11(2)15(10)18-12(3)9-14(19)13(17-18)7-8-16/h4-6,9H,7H2,1-3H3. The van der Waals surface area contributed by atoms with Crippen LogP contribution in [-0.2, 0) is 6.42 Å². The molecule has 2 aromatic rings. The number of rotatable bonds is 2. The van der Waals surface area contributed by atoms with Gasteiger partial charge in [-0.3, -0.25) is 4.79 Å². The van der Waals surface area contributed by atoms with E-state index in [1.807, 2.05) is 45.0 Å². The van der Waals surface area contributed by atoms with Gasteiger partial charge in [0.2, 0.25) is 5.43 Å². The first-order valence-electron chi connectivity index (χ1n) is 6.08. The molecule has 4 heteroatoms. The minimum atomic E-state index is -0.179. The predicted molar refractivity (Wildman–Crippen MR) is 73.4 cm³/mol. The molecule has 0 saturated carbocycles. The zero-order chi connectivity index (χ0) is 14.0. The van der Waals surface area contributed by atoms with Gasteiger partial charge < -0.3 is 0 Å². The van der Waals surface area contributed by atoms with E-state index in [9.17, 15) is 4.79 Å². The van der Waals surface area contributed by atoms with Crippen LogP contribution in [0.3, 0.4) is 0 Å². The highest BCUT2D eigenvalue weighted by Gasteiger charge is 2.10. The van der Waals surface area contributed by atoms with Gasteiger partial charge in [0.1, 0.15) is 5.69 Å². The molecule has 0 aliphatic heterocycles. The van der Waals surface area contributed by atoms with Gasteiger partial charge in [0.25, 0.3) is 0 Å². The van der Waals surface area contributed by atoms with Crippen molar-refractivity contribution in [1.29, 1.82) is 5.26 Å². The average Bonchev–Trinajstić information content (AvgIpc) is 2.34. The highest BCUT2D eigenvalue weighted by atomic mass is 16.1. The fraction of sp³-hybridized carbons (Fsp3) is 0.267. The molecule has 19 heavy (non-hydrogen) atoms. The fourth-order valence-electron chi connectivity index (χ4n) is 2.15. The van der Waals surface area contributed by atoms with Crippen LogP contribution in [0.5, 0.6) is 0 Å². The second-order valence-electron chi connectivity index (χ2n) is 4.58. The lowest BCUT2D eigenvalue weighted by Gasteiger charge is -2.15. The van der Waals surface area contributed by atoms with E-state index in [1.165, 1.54) is 6.07 Å². The summed E-state index contributed by atoms with van der Waals surface area (Å²) < 4.78 is 1.75. The second kappa shape index (κ2) is 5.07. The van der Waals surface area contributed by atoms with Crippen molar-refractivity contribution in [2.24, 2.45) is 0 Å². The van der Waals surface area contributed by atoms with E-state index in [2.05, 4.69) is 5.10 Å². The molecule has 0 atom stereocenters. The Kier molecular flexibility index (Phi) is 3.48. The lowest BCUT2D eigenvalue weighted by molar-refractivity contribution is 0.758. The molecule has 2 rings (SSSR count). The zero-order valence-corrected chi connectivity index (χ0v) is 11.3. The molecule has 0 N–H and O–H groups in total. The molecule has 0 unspecified atom stereocenters. The van der Waals surface area contributed by atoms with Crippen LogP contribution in [0.15, 0.2) is 29.1 Å². The first-order valence-corrected chi connectivity index (χ1v) is 6.08. The molecule has 0 aliphatic carbocycles. The van der Waals surface area contributed by atoms with Crippen LogP contribution in [-0.4, -0.2) is 9.78 Å². The van der Waals surface area contributed by atoms with Crippen molar-refractivity contribution in [1.82, 2.24) is 9.78 Å². The Balaban J connectivity index is 2.73. The second-order valence-corrected chi connectivity index (χ2v) is 4.58. The Hall–Kier alpha value is -2.41. The van der Waals surface area contributed by atoms with Crippen LogP contribution >= 0.6 is 0 Å². The minimum Gasteiger partial charge on any atom is -0.288 e. The van der Waals surface area contributed by atoms with E-state index < -0.39 is 0 Å². The van der Waals surface area contributed by atoms with Crippen molar-refractivity contribution in [3.05, 3.63) is 57.0 Å². The van der Waals surface area contributed by atoms with Crippen molar-refractivity contribution in [2.45, 2.75) is 27.2 Å². The van der Waals surface area contributed by atoms with E-state index in [-0.39, 0.29) is 17.5 Å². The quantitative estimate of drug-likeness (QED) is 0.824. The van der Waals surface area contributed by atoms with E-state index in [1.54, 1.807) is 4.68 Å². The molecule has 0 bridgehead atoms. The molecular weight excluding hydrogens is 238 g/mol. The maximum absolute atomic E-state index is 11.8. The number of nitrogens with zero attached hydrogens (tertiary/aromatic N) is 3. The van der Waals surface area contributed by atoms with Gasteiger partial charge in [-0.2, -0.15) is 10.4 Å². The number of para-hydroxylation sites is 1. The summed E-state index contributed by atoms with van der Waals surface area (Å²) in [7, 11) is 0. The molecule has 0 aliphatic rings.